The van der Waals surface area contributed by atoms with Crippen LogP contribution in [0.3, 0.4) is 0 Å². The first kappa shape index (κ1) is 28.4. The number of hydrogen-bond acceptors (Lipinski definition) is 7. The molecule has 9 heteroatoms. The number of nitrogens with zero attached hydrogens (tertiary/aromatic N) is 1. The Morgan fingerprint density at radius 3 is 2.29 bits per heavy atom. The first-order valence-corrected chi connectivity index (χ1v) is 13.6. The summed E-state index contributed by atoms with van der Waals surface area (Å²) in [6.45, 7) is -0.251. The molecule has 1 aliphatic carbocycles. The van der Waals surface area contributed by atoms with Crippen LogP contribution in [-0.2, 0) is 29.2 Å². The summed E-state index contributed by atoms with van der Waals surface area (Å²) < 4.78 is 11.8. The summed E-state index contributed by atoms with van der Waals surface area (Å²) in [6, 6.07) is 21.3. The lowest BCUT2D eigenvalue weighted by Gasteiger charge is -2.41. The number of rotatable bonds is 10. The Morgan fingerprint density at radius 1 is 0.976 bits per heavy atom. The maximum Gasteiger partial charge on any atom is 0.247 e. The van der Waals surface area contributed by atoms with Gasteiger partial charge >= 0.3 is 0 Å². The zero-order chi connectivity index (χ0) is 28.9. The molecule has 4 N–H and O–H groups in total. The number of methoxy groups -OCH3 is 1. The van der Waals surface area contributed by atoms with E-state index >= 15 is 0 Å². The molecule has 0 aromatic heterocycles. The van der Waals surface area contributed by atoms with Crippen LogP contribution in [0.25, 0.3) is 0 Å². The number of carbonyl (C=O) groups excluding carboxylic acids is 2. The van der Waals surface area contributed by atoms with Crippen molar-refractivity contribution in [3.8, 4) is 11.5 Å². The highest BCUT2D eigenvalue weighted by Crippen LogP contribution is 2.51. The standard InChI is InChI=1S/C32H34N2O7/c1-40-26-15-22(19-36)14-23-28-24(32(39)33-12-13-35)17-25(29(38)31(28)41-30(23)26)34(18-21-10-6-3-7-11-21)27(37)16-20-8-4-2-5-9-20/h2-11,14-15,17,25,28-29,31,35-36,38H,12-13,16,18-19H2,1H3,(H,33,39). The first-order valence-electron chi connectivity index (χ1n) is 13.6. The highest BCUT2D eigenvalue weighted by molar-refractivity contribution is 5.96. The van der Waals surface area contributed by atoms with Gasteiger partial charge in [0.2, 0.25) is 11.8 Å². The van der Waals surface area contributed by atoms with Crippen molar-refractivity contribution in [2.75, 3.05) is 20.3 Å². The molecule has 1 heterocycles. The van der Waals surface area contributed by atoms with Crippen molar-refractivity contribution < 1.29 is 34.4 Å². The molecule has 1 aliphatic heterocycles. The first-order chi connectivity index (χ1) is 19.9. The number of carbonyl (C=O) groups is 2. The molecule has 3 aromatic rings. The van der Waals surface area contributed by atoms with Crippen LogP contribution in [0, 0.1) is 0 Å². The average molecular weight is 559 g/mol. The summed E-state index contributed by atoms with van der Waals surface area (Å²) in [5, 5.41) is 33.7. The zero-order valence-electron chi connectivity index (χ0n) is 22.8. The Morgan fingerprint density at radius 2 is 1.66 bits per heavy atom. The van der Waals surface area contributed by atoms with Crippen molar-refractivity contribution >= 4 is 11.8 Å². The highest BCUT2D eigenvalue weighted by Gasteiger charge is 2.51. The van der Waals surface area contributed by atoms with E-state index in [4.69, 9.17) is 9.47 Å². The van der Waals surface area contributed by atoms with Crippen LogP contribution in [0.4, 0.5) is 0 Å². The second-order valence-corrected chi connectivity index (χ2v) is 10.2. The Labute approximate surface area is 238 Å². The van der Waals surface area contributed by atoms with Gasteiger partial charge in [-0.3, -0.25) is 9.59 Å². The molecule has 0 saturated carbocycles. The molecule has 3 aromatic carbocycles. The van der Waals surface area contributed by atoms with Crippen LogP contribution >= 0.6 is 0 Å². The van der Waals surface area contributed by atoms with E-state index in [1.165, 1.54) is 7.11 Å². The largest absolute Gasteiger partial charge is 0.493 e. The van der Waals surface area contributed by atoms with Crippen LogP contribution in [0.5, 0.6) is 11.5 Å². The lowest BCUT2D eigenvalue weighted by Crippen LogP contribution is -2.55. The van der Waals surface area contributed by atoms with Gasteiger partial charge in [-0.25, -0.2) is 0 Å². The monoisotopic (exact) mass is 558 g/mol. The fraction of sp³-hybridized carbons (Fsp3) is 0.312. The number of aliphatic hydroxyl groups excluding tert-OH is 3. The molecule has 2 aliphatic rings. The molecule has 4 unspecified atom stereocenters. The van der Waals surface area contributed by atoms with Crippen molar-refractivity contribution in [2.45, 2.75) is 43.7 Å². The minimum absolute atomic E-state index is 0.0369. The molecule has 2 amide bonds. The summed E-state index contributed by atoms with van der Waals surface area (Å²) in [7, 11) is 1.48. The third-order valence-corrected chi connectivity index (χ3v) is 7.57. The van der Waals surface area contributed by atoms with Crippen molar-refractivity contribution in [3.63, 3.8) is 0 Å². The van der Waals surface area contributed by atoms with E-state index in [9.17, 15) is 24.9 Å². The second-order valence-electron chi connectivity index (χ2n) is 10.2. The van der Waals surface area contributed by atoms with E-state index in [2.05, 4.69) is 5.32 Å². The normalized spacial score (nSPS) is 20.7. The van der Waals surface area contributed by atoms with E-state index in [1.807, 2.05) is 60.7 Å². The number of amides is 2. The number of nitrogens with one attached hydrogen (secondary N) is 1. The van der Waals surface area contributed by atoms with Gasteiger partial charge in [-0.05, 0) is 34.9 Å². The van der Waals surface area contributed by atoms with Gasteiger partial charge in [0, 0.05) is 24.2 Å². The third-order valence-electron chi connectivity index (χ3n) is 7.57. The molecule has 214 valence electrons. The molecular formula is C32H34N2O7. The van der Waals surface area contributed by atoms with Gasteiger partial charge in [-0.15, -0.1) is 0 Å². The fourth-order valence-electron chi connectivity index (χ4n) is 5.63. The summed E-state index contributed by atoms with van der Waals surface area (Å²) >= 11 is 0. The number of fused-ring (bicyclic) bond motifs is 3. The molecule has 5 rings (SSSR count). The minimum Gasteiger partial charge on any atom is -0.493 e. The quantitative estimate of drug-likeness (QED) is 0.300. The number of benzene rings is 3. The number of ether oxygens (including phenoxy) is 2. The van der Waals surface area contributed by atoms with Gasteiger partial charge in [-0.1, -0.05) is 60.7 Å². The number of hydrogen-bond donors (Lipinski definition) is 4. The Kier molecular flexibility index (Phi) is 8.68. The van der Waals surface area contributed by atoms with Crippen LogP contribution in [0.2, 0.25) is 0 Å². The topological polar surface area (TPSA) is 129 Å². The van der Waals surface area contributed by atoms with Crippen LogP contribution < -0.4 is 14.8 Å². The SMILES string of the molecule is COc1cc(CO)cc2c1OC1C2C(C(=O)NCCO)=CC(N(Cc2ccccc2)C(=O)Cc2ccccc2)C1O. The minimum atomic E-state index is -1.19. The molecule has 0 fully saturated rings. The van der Waals surface area contributed by atoms with Crippen molar-refractivity contribution in [3.05, 3.63) is 107 Å². The van der Waals surface area contributed by atoms with E-state index in [0.29, 0.717) is 28.2 Å². The second kappa shape index (κ2) is 12.6. The predicted molar refractivity (Wildman–Crippen MR) is 151 cm³/mol. The van der Waals surface area contributed by atoms with Gasteiger partial charge in [-0.2, -0.15) is 0 Å². The summed E-state index contributed by atoms with van der Waals surface area (Å²) in [4.78, 5) is 29.0. The zero-order valence-corrected chi connectivity index (χ0v) is 22.8. The highest BCUT2D eigenvalue weighted by atomic mass is 16.5. The summed E-state index contributed by atoms with van der Waals surface area (Å²) in [6.07, 6.45) is -0.339. The van der Waals surface area contributed by atoms with Crippen molar-refractivity contribution in [2.24, 2.45) is 0 Å². The van der Waals surface area contributed by atoms with Crippen LogP contribution in [0.1, 0.15) is 28.2 Å². The smallest absolute Gasteiger partial charge is 0.247 e. The third kappa shape index (κ3) is 5.83. The average Bonchev–Trinajstić information content (AvgIpc) is 3.39. The molecule has 0 bridgehead atoms. The summed E-state index contributed by atoms with van der Waals surface area (Å²) in [5.74, 6) is -0.583. The summed E-state index contributed by atoms with van der Waals surface area (Å²) in [5.41, 5.74) is 3.18. The van der Waals surface area contributed by atoms with E-state index in [1.54, 1.807) is 23.1 Å². The molecule has 0 saturated heterocycles. The van der Waals surface area contributed by atoms with Crippen LogP contribution in [0.15, 0.2) is 84.4 Å². The van der Waals surface area contributed by atoms with Gasteiger partial charge in [0.1, 0.15) is 12.2 Å². The molecule has 41 heavy (non-hydrogen) atoms. The van der Waals surface area contributed by atoms with E-state index < -0.39 is 30.1 Å². The van der Waals surface area contributed by atoms with Gasteiger partial charge in [0.25, 0.3) is 0 Å². The Balaban J connectivity index is 1.59. The van der Waals surface area contributed by atoms with Gasteiger partial charge < -0.3 is 35.0 Å². The molecule has 4 atom stereocenters. The Hall–Kier alpha value is -4.18. The Bertz CT molecular complexity index is 1410. The molecule has 0 radical (unpaired) electrons. The molecule has 0 spiro atoms. The maximum absolute atomic E-state index is 13.9. The lowest BCUT2D eigenvalue weighted by molar-refractivity contribution is -0.137. The van der Waals surface area contributed by atoms with Gasteiger partial charge in [0.05, 0.1) is 38.7 Å². The number of aliphatic hydroxyl groups is 3. The fourth-order valence-corrected chi connectivity index (χ4v) is 5.63. The van der Waals surface area contributed by atoms with Crippen molar-refractivity contribution in [1.82, 2.24) is 10.2 Å². The van der Waals surface area contributed by atoms with E-state index in [-0.39, 0.29) is 38.6 Å². The maximum atomic E-state index is 13.9. The molecule has 9 nitrogen and oxygen atoms in total. The van der Waals surface area contributed by atoms with E-state index in [0.717, 1.165) is 11.1 Å². The van der Waals surface area contributed by atoms with Gasteiger partial charge in [0.15, 0.2) is 11.5 Å². The molecular weight excluding hydrogens is 524 g/mol. The van der Waals surface area contributed by atoms with Crippen molar-refractivity contribution in [1.29, 1.82) is 0 Å². The lowest BCUT2D eigenvalue weighted by atomic mass is 9.77. The predicted octanol–water partition coefficient (Wildman–Crippen LogP) is 2.08. The van der Waals surface area contributed by atoms with Crippen LogP contribution in [-0.4, -0.2) is 70.5 Å².